The maximum Gasteiger partial charge on any atom is 0.0945 e. The van der Waals surface area contributed by atoms with Crippen LogP contribution in [0.2, 0.25) is 5.02 Å². The molecule has 2 atom stereocenters. The maximum atomic E-state index is 10.5. The maximum absolute atomic E-state index is 10.5. The lowest BCUT2D eigenvalue weighted by atomic mass is 9.93. The Hall–Kier alpha value is -0.610. The van der Waals surface area contributed by atoms with Gasteiger partial charge in [-0.05, 0) is 36.6 Å². The molecule has 0 spiro atoms. The monoisotopic (exact) mass is 285 g/mol. The predicted octanol–water partition coefficient (Wildman–Crippen LogP) is 3.02. The highest BCUT2D eigenvalue weighted by molar-refractivity contribution is 6.30. The summed E-state index contributed by atoms with van der Waals surface area (Å²) in [5, 5.41) is 14.6. The predicted molar refractivity (Wildman–Crippen MR) is 79.5 cm³/mol. The lowest BCUT2D eigenvalue weighted by Crippen LogP contribution is -2.40. The number of aliphatic hydroxyl groups excluding tert-OH is 1. The first kappa shape index (κ1) is 16.4. The van der Waals surface area contributed by atoms with Crippen LogP contribution in [0, 0.1) is 5.92 Å². The van der Waals surface area contributed by atoms with Gasteiger partial charge in [0.15, 0.2) is 0 Å². The molecule has 3 nitrogen and oxygen atoms in total. The van der Waals surface area contributed by atoms with Crippen LogP contribution in [0.3, 0.4) is 0 Å². The molecule has 2 unspecified atom stereocenters. The van der Waals surface area contributed by atoms with Crippen molar-refractivity contribution < 1.29 is 9.84 Å². The topological polar surface area (TPSA) is 41.5 Å². The SMILES string of the molecule is COCCCNC(C(C)C)C(O)c1ccc(Cl)cc1. The molecule has 108 valence electrons. The number of methoxy groups -OCH3 is 1. The number of benzene rings is 1. The van der Waals surface area contributed by atoms with E-state index in [0.717, 1.165) is 25.1 Å². The zero-order valence-corrected chi connectivity index (χ0v) is 12.7. The molecule has 1 aromatic carbocycles. The molecule has 0 aliphatic rings. The van der Waals surface area contributed by atoms with Crippen LogP contribution in [0.15, 0.2) is 24.3 Å². The van der Waals surface area contributed by atoms with E-state index < -0.39 is 6.10 Å². The van der Waals surface area contributed by atoms with Crippen LogP contribution in [0.5, 0.6) is 0 Å². The van der Waals surface area contributed by atoms with E-state index in [1.165, 1.54) is 0 Å². The fourth-order valence-corrected chi connectivity index (χ4v) is 2.19. The van der Waals surface area contributed by atoms with E-state index in [1.54, 1.807) is 7.11 Å². The summed E-state index contributed by atoms with van der Waals surface area (Å²) < 4.78 is 5.03. The number of hydrogen-bond donors (Lipinski definition) is 2. The average Bonchev–Trinajstić information content (AvgIpc) is 2.38. The molecule has 4 heteroatoms. The van der Waals surface area contributed by atoms with E-state index in [1.807, 2.05) is 24.3 Å². The molecule has 1 rings (SSSR count). The number of nitrogens with one attached hydrogen (secondary N) is 1. The van der Waals surface area contributed by atoms with Crippen LogP contribution < -0.4 is 5.32 Å². The Morgan fingerprint density at radius 3 is 2.42 bits per heavy atom. The van der Waals surface area contributed by atoms with Gasteiger partial charge in [0.2, 0.25) is 0 Å². The zero-order valence-electron chi connectivity index (χ0n) is 11.9. The molecular weight excluding hydrogens is 262 g/mol. The summed E-state index contributed by atoms with van der Waals surface area (Å²) in [6.07, 6.45) is 0.410. The highest BCUT2D eigenvalue weighted by Crippen LogP contribution is 2.23. The summed E-state index contributed by atoms with van der Waals surface area (Å²) in [7, 11) is 1.70. The van der Waals surface area contributed by atoms with Gasteiger partial charge in [0.05, 0.1) is 6.10 Å². The van der Waals surface area contributed by atoms with Crippen LogP contribution in [0.4, 0.5) is 0 Å². The van der Waals surface area contributed by atoms with Crippen LogP contribution >= 0.6 is 11.6 Å². The summed E-state index contributed by atoms with van der Waals surface area (Å²) in [5.41, 5.74) is 0.891. The van der Waals surface area contributed by atoms with Gasteiger partial charge in [0.1, 0.15) is 0 Å². The Kier molecular flexibility index (Phi) is 7.39. The highest BCUT2D eigenvalue weighted by Gasteiger charge is 2.23. The Morgan fingerprint density at radius 2 is 1.89 bits per heavy atom. The molecule has 0 saturated heterocycles. The van der Waals surface area contributed by atoms with Gasteiger partial charge in [0.25, 0.3) is 0 Å². The van der Waals surface area contributed by atoms with E-state index in [-0.39, 0.29) is 6.04 Å². The minimum Gasteiger partial charge on any atom is -0.387 e. The fourth-order valence-electron chi connectivity index (χ4n) is 2.06. The Labute approximate surface area is 120 Å². The van der Waals surface area contributed by atoms with Gasteiger partial charge in [-0.2, -0.15) is 0 Å². The van der Waals surface area contributed by atoms with Gasteiger partial charge in [-0.15, -0.1) is 0 Å². The Bertz CT molecular complexity index is 354. The number of aliphatic hydroxyl groups is 1. The molecule has 2 N–H and O–H groups in total. The molecule has 0 radical (unpaired) electrons. The number of hydrogen-bond acceptors (Lipinski definition) is 3. The number of rotatable bonds is 8. The van der Waals surface area contributed by atoms with Gasteiger partial charge >= 0.3 is 0 Å². The minimum atomic E-state index is -0.528. The molecule has 19 heavy (non-hydrogen) atoms. The molecule has 0 amide bonds. The lowest BCUT2D eigenvalue weighted by Gasteiger charge is -2.28. The van der Waals surface area contributed by atoms with Crippen molar-refractivity contribution in [2.45, 2.75) is 32.4 Å². The van der Waals surface area contributed by atoms with E-state index in [2.05, 4.69) is 19.2 Å². The normalized spacial score (nSPS) is 14.6. The largest absolute Gasteiger partial charge is 0.387 e. The molecule has 0 aromatic heterocycles. The first-order valence-electron chi connectivity index (χ1n) is 6.72. The van der Waals surface area contributed by atoms with Gasteiger partial charge in [-0.3, -0.25) is 0 Å². The molecule has 0 saturated carbocycles. The highest BCUT2D eigenvalue weighted by atomic mass is 35.5. The molecule has 0 heterocycles. The van der Waals surface area contributed by atoms with Crippen molar-refractivity contribution in [3.63, 3.8) is 0 Å². The van der Waals surface area contributed by atoms with Crippen molar-refractivity contribution in [2.24, 2.45) is 5.92 Å². The summed E-state index contributed by atoms with van der Waals surface area (Å²) in [5.74, 6) is 0.341. The molecule has 0 aliphatic heterocycles. The third-order valence-electron chi connectivity index (χ3n) is 3.18. The molecular formula is C15H24ClNO2. The quantitative estimate of drug-likeness (QED) is 0.722. The second-order valence-corrected chi connectivity index (χ2v) is 5.50. The third-order valence-corrected chi connectivity index (χ3v) is 3.43. The fraction of sp³-hybridized carbons (Fsp3) is 0.600. The van der Waals surface area contributed by atoms with Gasteiger partial charge < -0.3 is 15.2 Å². The van der Waals surface area contributed by atoms with E-state index in [0.29, 0.717) is 10.9 Å². The average molecular weight is 286 g/mol. The summed E-state index contributed by atoms with van der Waals surface area (Å²) in [6, 6.07) is 7.39. The smallest absolute Gasteiger partial charge is 0.0945 e. The minimum absolute atomic E-state index is 0.0260. The van der Waals surface area contributed by atoms with Crippen molar-refractivity contribution in [1.82, 2.24) is 5.32 Å². The van der Waals surface area contributed by atoms with E-state index >= 15 is 0 Å². The van der Waals surface area contributed by atoms with Crippen LogP contribution in [0.25, 0.3) is 0 Å². The summed E-state index contributed by atoms with van der Waals surface area (Å²) >= 11 is 5.87. The number of ether oxygens (including phenoxy) is 1. The Morgan fingerprint density at radius 1 is 1.26 bits per heavy atom. The molecule has 0 bridgehead atoms. The molecule has 0 fully saturated rings. The molecule has 1 aromatic rings. The van der Waals surface area contributed by atoms with Crippen molar-refractivity contribution in [3.05, 3.63) is 34.9 Å². The van der Waals surface area contributed by atoms with Crippen molar-refractivity contribution in [1.29, 1.82) is 0 Å². The van der Waals surface area contributed by atoms with Gasteiger partial charge in [-0.1, -0.05) is 37.6 Å². The van der Waals surface area contributed by atoms with Crippen molar-refractivity contribution in [2.75, 3.05) is 20.3 Å². The molecule has 0 aliphatic carbocycles. The second-order valence-electron chi connectivity index (χ2n) is 5.07. The summed E-state index contributed by atoms with van der Waals surface area (Å²) in [6.45, 7) is 5.77. The standard InChI is InChI=1S/C15H24ClNO2/c1-11(2)14(17-9-4-10-19-3)15(18)12-5-7-13(16)8-6-12/h5-8,11,14-15,17-18H,4,9-10H2,1-3H3. The Balaban J connectivity index is 2.61. The van der Waals surface area contributed by atoms with E-state index in [9.17, 15) is 5.11 Å². The van der Waals surface area contributed by atoms with Crippen LogP contribution in [-0.4, -0.2) is 31.4 Å². The van der Waals surface area contributed by atoms with Gasteiger partial charge in [-0.25, -0.2) is 0 Å². The number of halogens is 1. The first-order valence-corrected chi connectivity index (χ1v) is 7.10. The first-order chi connectivity index (χ1) is 9.06. The lowest BCUT2D eigenvalue weighted by molar-refractivity contribution is 0.103. The van der Waals surface area contributed by atoms with Crippen LogP contribution in [0.1, 0.15) is 31.9 Å². The second kappa shape index (κ2) is 8.54. The van der Waals surface area contributed by atoms with Crippen LogP contribution in [-0.2, 0) is 4.74 Å². The van der Waals surface area contributed by atoms with Crippen molar-refractivity contribution >= 4 is 11.6 Å². The zero-order chi connectivity index (χ0) is 14.3. The third kappa shape index (κ3) is 5.49. The van der Waals surface area contributed by atoms with E-state index in [4.69, 9.17) is 16.3 Å². The van der Waals surface area contributed by atoms with Crippen molar-refractivity contribution in [3.8, 4) is 0 Å². The van der Waals surface area contributed by atoms with Gasteiger partial charge in [0, 0.05) is 24.8 Å². The summed E-state index contributed by atoms with van der Waals surface area (Å²) in [4.78, 5) is 0.